The molecule has 58 valence electrons. The van der Waals surface area contributed by atoms with Crippen LogP contribution in [0.1, 0.15) is 24.5 Å². The summed E-state index contributed by atoms with van der Waals surface area (Å²) < 4.78 is 0. The number of rotatable bonds is 1. The summed E-state index contributed by atoms with van der Waals surface area (Å²) in [5.41, 5.74) is 7.47. The molecule has 0 radical (unpaired) electrons. The molecule has 1 heterocycles. The Labute approximate surface area is 70.4 Å². The van der Waals surface area contributed by atoms with Gasteiger partial charge in [-0.15, -0.1) is 0 Å². The predicted octanol–water partition coefficient (Wildman–Crippen LogP) is 2.19. The van der Waals surface area contributed by atoms with Crippen LogP contribution in [0.2, 0.25) is 5.02 Å². The summed E-state index contributed by atoms with van der Waals surface area (Å²) in [5, 5.41) is 0.618. The molecule has 1 aliphatic rings. The normalized spacial score (nSPS) is 16.8. The van der Waals surface area contributed by atoms with E-state index in [0.717, 1.165) is 11.4 Å². The summed E-state index contributed by atoms with van der Waals surface area (Å²) in [7, 11) is 0. The summed E-state index contributed by atoms with van der Waals surface area (Å²) in [6.07, 6.45) is 4.10. The average molecular weight is 169 g/mol. The van der Waals surface area contributed by atoms with Crippen molar-refractivity contribution in [2.24, 2.45) is 0 Å². The highest BCUT2D eigenvalue weighted by atomic mass is 35.5. The first-order valence-electron chi connectivity index (χ1n) is 3.68. The lowest BCUT2D eigenvalue weighted by atomic mass is 10.2. The first-order chi connectivity index (χ1) is 5.27. The van der Waals surface area contributed by atoms with Crippen LogP contribution >= 0.6 is 11.6 Å². The van der Waals surface area contributed by atoms with Gasteiger partial charge in [-0.1, -0.05) is 11.6 Å². The van der Waals surface area contributed by atoms with Crippen LogP contribution in [0.3, 0.4) is 0 Å². The minimum atomic E-state index is 0.604. The lowest BCUT2D eigenvalue weighted by molar-refractivity contribution is 1.03. The van der Waals surface area contributed by atoms with Gasteiger partial charge in [-0.2, -0.15) is 0 Å². The zero-order valence-electron chi connectivity index (χ0n) is 6.05. The zero-order valence-corrected chi connectivity index (χ0v) is 6.80. The number of hydrogen-bond donors (Lipinski definition) is 1. The molecular weight excluding hydrogens is 160 g/mol. The van der Waals surface area contributed by atoms with Crippen LogP contribution in [0.4, 0.5) is 5.69 Å². The third-order valence-electron chi connectivity index (χ3n) is 1.88. The first-order valence-corrected chi connectivity index (χ1v) is 4.06. The van der Waals surface area contributed by atoms with Gasteiger partial charge >= 0.3 is 0 Å². The third kappa shape index (κ3) is 1.31. The van der Waals surface area contributed by atoms with Gasteiger partial charge in [0.25, 0.3) is 0 Å². The van der Waals surface area contributed by atoms with Crippen molar-refractivity contribution in [3.05, 3.63) is 23.0 Å². The van der Waals surface area contributed by atoms with Crippen LogP contribution < -0.4 is 5.73 Å². The molecule has 11 heavy (non-hydrogen) atoms. The molecule has 0 bridgehead atoms. The molecule has 0 unspecified atom stereocenters. The number of nitrogens with two attached hydrogens (primary N) is 1. The monoisotopic (exact) mass is 168 g/mol. The van der Waals surface area contributed by atoms with Crippen molar-refractivity contribution in [2.45, 2.75) is 18.8 Å². The molecule has 3 heteroatoms. The summed E-state index contributed by atoms with van der Waals surface area (Å²) in [4.78, 5) is 4.18. The van der Waals surface area contributed by atoms with E-state index in [1.165, 1.54) is 12.8 Å². The van der Waals surface area contributed by atoms with E-state index >= 15 is 0 Å². The van der Waals surface area contributed by atoms with Crippen LogP contribution in [-0.2, 0) is 0 Å². The quantitative estimate of drug-likeness (QED) is 0.698. The molecule has 0 amide bonds. The largest absolute Gasteiger partial charge is 0.397 e. The maximum Gasteiger partial charge on any atom is 0.0664 e. The molecule has 1 aliphatic carbocycles. The Kier molecular flexibility index (Phi) is 1.50. The van der Waals surface area contributed by atoms with Crippen molar-refractivity contribution in [3.63, 3.8) is 0 Å². The highest BCUT2D eigenvalue weighted by molar-refractivity contribution is 6.30. The number of halogens is 1. The molecule has 1 fully saturated rings. The second-order valence-corrected chi connectivity index (χ2v) is 3.34. The van der Waals surface area contributed by atoms with Crippen molar-refractivity contribution in [1.82, 2.24) is 4.98 Å². The van der Waals surface area contributed by atoms with Crippen molar-refractivity contribution >= 4 is 17.3 Å². The maximum absolute atomic E-state index is 5.72. The second kappa shape index (κ2) is 2.38. The van der Waals surface area contributed by atoms with Crippen LogP contribution in [0.15, 0.2) is 12.3 Å². The van der Waals surface area contributed by atoms with E-state index in [0.29, 0.717) is 10.9 Å². The average Bonchev–Trinajstić information content (AvgIpc) is 2.70. The molecule has 1 aromatic rings. The fourth-order valence-electron chi connectivity index (χ4n) is 1.16. The number of nitrogen functional groups attached to an aromatic ring is 1. The zero-order chi connectivity index (χ0) is 7.84. The van der Waals surface area contributed by atoms with E-state index < -0.39 is 0 Å². The van der Waals surface area contributed by atoms with Crippen molar-refractivity contribution in [1.29, 1.82) is 0 Å². The van der Waals surface area contributed by atoms with E-state index in [2.05, 4.69) is 4.98 Å². The van der Waals surface area contributed by atoms with Crippen molar-refractivity contribution in [3.8, 4) is 0 Å². The molecule has 2 nitrogen and oxygen atoms in total. The molecule has 2 N–H and O–H groups in total. The van der Waals surface area contributed by atoms with Crippen LogP contribution in [0.25, 0.3) is 0 Å². The molecule has 1 saturated carbocycles. The van der Waals surface area contributed by atoms with Crippen molar-refractivity contribution in [2.75, 3.05) is 5.73 Å². The lowest BCUT2D eigenvalue weighted by Gasteiger charge is -2.01. The summed E-state index contributed by atoms with van der Waals surface area (Å²) in [6.45, 7) is 0. The number of nitrogens with zero attached hydrogens (tertiary/aromatic N) is 1. The molecular formula is C8H9ClN2. The van der Waals surface area contributed by atoms with Crippen LogP contribution in [-0.4, -0.2) is 4.98 Å². The molecule has 0 aliphatic heterocycles. The van der Waals surface area contributed by atoms with Gasteiger partial charge in [-0.25, -0.2) is 0 Å². The van der Waals surface area contributed by atoms with E-state index in [4.69, 9.17) is 17.3 Å². The SMILES string of the molecule is Nc1cc(Cl)cnc1C1CC1. The predicted molar refractivity (Wildman–Crippen MR) is 45.6 cm³/mol. The van der Waals surface area contributed by atoms with Crippen molar-refractivity contribution < 1.29 is 0 Å². The van der Waals surface area contributed by atoms with Gasteiger partial charge < -0.3 is 5.73 Å². The van der Waals surface area contributed by atoms with E-state index in [1.807, 2.05) is 0 Å². The third-order valence-corrected chi connectivity index (χ3v) is 2.09. The Morgan fingerprint density at radius 2 is 2.27 bits per heavy atom. The molecule has 0 spiro atoms. The Balaban J connectivity index is 2.39. The molecule has 0 atom stereocenters. The highest BCUT2D eigenvalue weighted by Crippen LogP contribution is 2.41. The number of anilines is 1. The van der Waals surface area contributed by atoms with Crippen LogP contribution in [0.5, 0.6) is 0 Å². The van der Waals surface area contributed by atoms with Gasteiger partial charge in [0, 0.05) is 12.1 Å². The van der Waals surface area contributed by atoms with E-state index in [9.17, 15) is 0 Å². The Morgan fingerprint density at radius 1 is 1.55 bits per heavy atom. The first kappa shape index (κ1) is 6.92. The smallest absolute Gasteiger partial charge is 0.0664 e. The number of hydrogen-bond acceptors (Lipinski definition) is 2. The van der Waals surface area contributed by atoms with E-state index in [1.54, 1.807) is 12.3 Å². The van der Waals surface area contributed by atoms with Gasteiger partial charge in [0.1, 0.15) is 0 Å². The maximum atomic E-state index is 5.72. The Morgan fingerprint density at radius 3 is 2.82 bits per heavy atom. The van der Waals surface area contributed by atoms with E-state index in [-0.39, 0.29) is 0 Å². The molecule has 2 rings (SSSR count). The molecule has 1 aromatic heterocycles. The summed E-state index contributed by atoms with van der Waals surface area (Å²) in [5.74, 6) is 0.604. The number of aromatic nitrogens is 1. The Hall–Kier alpha value is -0.760. The summed E-state index contributed by atoms with van der Waals surface area (Å²) in [6, 6.07) is 1.77. The topological polar surface area (TPSA) is 38.9 Å². The van der Waals surface area contributed by atoms with Gasteiger partial charge in [-0.3, -0.25) is 4.98 Å². The highest BCUT2D eigenvalue weighted by Gasteiger charge is 2.26. The second-order valence-electron chi connectivity index (χ2n) is 2.90. The van der Waals surface area contributed by atoms with Gasteiger partial charge in [0.2, 0.25) is 0 Å². The Bertz CT molecular complexity index is 281. The van der Waals surface area contributed by atoms with Crippen LogP contribution in [0, 0.1) is 0 Å². The fraction of sp³-hybridized carbons (Fsp3) is 0.375. The standard InChI is InChI=1S/C8H9ClN2/c9-6-3-7(10)8(11-4-6)5-1-2-5/h3-5H,1-2,10H2. The van der Waals surface area contributed by atoms with Gasteiger partial charge in [0.05, 0.1) is 16.4 Å². The van der Waals surface area contributed by atoms with Gasteiger partial charge in [0.15, 0.2) is 0 Å². The molecule has 0 saturated heterocycles. The molecule has 0 aromatic carbocycles. The fourth-order valence-corrected chi connectivity index (χ4v) is 1.33. The minimum absolute atomic E-state index is 0.604. The minimum Gasteiger partial charge on any atom is -0.397 e. The lowest BCUT2D eigenvalue weighted by Crippen LogP contribution is -1.95. The number of pyridine rings is 1. The van der Waals surface area contributed by atoms with Gasteiger partial charge in [-0.05, 0) is 18.9 Å². The summed E-state index contributed by atoms with van der Waals surface area (Å²) >= 11 is 5.70.